The lowest BCUT2D eigenvalue weighted by molar-refractivity contribution is -0.121. The minimum atomic E-state index is -4.11. The zero-order chi connectivity index (χ0) is 23.2. The first-order valence-corrected chi connectivity index (χ1v) is 12.6. The van der Waals surface area contributed by atoms with Crippen molar-refractivity contribution in [2.45, 2.75) is 49.3 Å². The average molecular weight is 467 g/mol. The fourth-order valence-corrected chi connectivity index (χ4v) is 5.95. The van der Waals surface area contributed by atoms with Gasteiger partial charge in [-0.25, -0.2) is 13.1 Å². The number of sulfonamides is 1. The van der Waals surface area contributed by atoms with Crippen LogP contribution in [0.5, 0.6) is 11.5 Å². The zero-order valence-electron chi connectivity index (χ0n) is 18.6. The topological polar surface area (TPSA) is 94.6 Å². The van der Waals surface area contributed by atoms with Gasteiger partial charge in [0.2, 0.25) is 5.91 Å². The van der Waals surface area contributed by atoms with E-state index in [1.165, 1.54) is 12.5 Å². The third-order valence-electron chi connectivity index (χ3n) is 6.62. The van der Waals surface area contributed by atoms with Gasteiger partial charge >= 0.3 is 0 Å². The van der Waals surface area contributed by atoms with Crippen molar-refractivity contribution in [1.82, 2.24) is 9.71 Å². The number of aryl methyl sites for hydroxylation is 1. The summed E-state index contributed by atoms with van der Waals surface area (Å²) in [4.78, 5) is 17.8. The van der Waals surface area contributed by atoms with E-state index in [9.17, 15) is 13.2 Å². The number of methoxy groups -OCH3 is 1. The number of aromatic nitrogens is 1. The standard InChI is InChI=1S/C25H26N2O5S/c1-15-9-10-18-20(26-15)7-4-8-22(18)33(29,30)27-25(28)19-13-14-32-24-17(16-5-3-6-16)11-12-21(31-2)23(19)24/h4,7-12,16,19H,3,5-6,13-14H2,1-2H3,(H,27,28). The minimum Gasteiger partial charge on any atom is -0.496 e. The molecule has 1 fully saturated rings. The highest BCUT2D eigenvalue weighted by molar-refractivity contribution is 7.90. The van der Waals surface area contributed by atoms with Gasteiger partial charge in [0.25, 0.3) is 10.0 Å². The van der Waals surface area contributed by atoms with Crippen molar-refractivity contribution >= 4 is 26.8 Å². The molecule has 33 heavy (non-hydrogen) atoms. The molecule has 0 bridgehead atoms. The maximum absolute atomic E-state index is 13.4. The number of hydrogen-bond donors (Lipinski definition) is 1. The Kier molecular flexibility index (Phi) is 5.48. The van der Waals surface area contributed by atoms with Crippen molar-refractivity contribution in [2.75, 3.05) is 13.7 Å². The molecule has 0 saturated heterocycles. The lowest BCUT2D eigenvalue weighted by atomic mass is 9.77. The molecular weight excluding hydrogens is 440 g/mol. The lowest BCUT2D eigenvalue weighted by Gasteiger charge is -2.33. The monoisotopic (exact) mass is 466 g/mol. The van der Waals surface area contributed by atoms with Crippen LogP contribution in [0, 0.1) is 6.92 Å². The number of carbonyl (C=O) groups excluding carboxylic acids is 1. The van der Waals surface area contributed by atoms with Crippen molar-refractivity contribution in [3.05, 3.63) is 59.3 Å². The Hall–Kier alpha value is -3.13. The summed E-state index contributed by atoms with van der Waals surface area (Å²) in [7, 11) is -2.57. The van der Waals surface area contributed by atoms with E-state index >= 15 is 0 Å². The Labute approximate surface area is 193 Å². The molecule has 2 aliphatic rings. The molecule has 1 aliphatic carbocycles. The Morgan fingerprint density at radius 1 is 1.12 bits per heavy atom. The van der Waals surface area contributed by atoms with Gasteiger partial charge < -0.3 is 9.47 Å². The Bertz CT molecular complexity index is 1350. The summed E-state index contributed by atoms with van der Waals surface area (Å²) in [5.41, 5.74) is 3.06. The Balaban J connectivity index is 1.51. The number of rotatable bonds is 5. The molecule has 8 heteroatoms. The summed E-state index contributed by atoms with van der Waals surface area (Å²) in [6.07, 6.45) is 3.71. The molecule has 1 aromatic heterocycles. The molecule has 2 aromatic carbocycles. The van der Waals surface area contributed by atoms with Gasteiger partial charge in [-0.05, 0) is 68.0 Å². The van der Waals surface area contributed by atoms with Gasteiger partial charge in [0.05, 0.1) is 30.0 Å². The van der Waals surface area contributed by atoms with Gasteiger partial charge in [-0.15, -0.1) is 0 Å². The summed E-state index contributed by atoms with van der Waals surface area (Å²) in [5, 5.41) is 0.473. The van der Waals surface area contributed by atoms with Crippen LogP contribution in [0.1, 0.15) is 54.3 Å². The normalized spacial score (nSPS) is 18.2. The number of nitrogens with zero attached hydrogens (tertiary/aromatic N) is 1. The maximum Gasteiger partial charge on any atom is 0.264 e. The zero-order valence-corrected chi connectivity index (χ0v) is 19.4. The molecule has 1 amide bonds. The predicted octanol–water partition coefficient (Wildman–Crippen LogP) is 4.19. The van der Waals surface area contributed by atoms with Gasteiger partial charge in [-0.2, -0.15) is 0 Å². The largest absolute Gasteiger partial charge is 0.496 e. The lowest BCUT2D eigenvalue weighted by Crippen LogP contribution is -2.37. The van der Waals surface area contributed by atoms with Gasteiger partial charge in [0.1, 0.15) is 11.5 Å². The summed E-state index contributed by atoms with van der Waals surface area (Å²) in [6.45, 7) is 2.19. The summed E-state index contributed by atoms with van der Waals surface area (Å²) < 4.78 is 40.4. The van der Waals surface area contributed by atoms with E-state index in [-0.39, 0.29) is 4.90 Å². The first-order chi connectivity index (χ1) is 15.9. The number of pyridine rings is 1. The number of fused-ring (bicyclic) bond motifs is 2. The molecular formula is C25H26N2O5S. The molecule has 0 radical (unpaired) electrons. The Morgan fingerprint density at radius 3 is 2.67 bits per heavy atom. The molecule has 1 aliphatic heterocycles. The van der Waals surface area contributed by atoms with Crippen LogP contribution in [-0.4, -0.2) is 33.0 Å². The van der Waals surface area contributed by atoms with Crippen LogP contribution in [0.25, 0.3) is 10.9 Å². The molecule has 2 heterocycles. The van der Waals surface area contributed by atoms with Gasteiger partial charge in [-0.3, -0.25) is 9.78 Å². The number of ether oxygens (including phenoxy) is 2. The molecule has 0 spiro atoms. The SMILES string of the molecule is COc1ccc(C2CCC2)c2c1C(C(=O)NS(=O)(=O)c1cccc3nc(C)ccc13)CCO2. The molecule has 172 valence electrons. The smallest absolute Gasteiger partial charge is 0.264 e. The third kappa shape index (κ3) is 3.82. The predicted molar refractivity (Wildman–Crippen MR) is 124 cm³/mol. The van der Waals surface area contributed by atoms with Crippen LogP contribution in [-0.2, 0) is 14.8 Å². The van der Waals surface area contributed by atoms with Gasteiger partial charge in [0.15, 0.2) is 0 Å². The second-order valence-electron chi connectivity index (χ2n) is 8.66. The van der Waals surface area contributed by atoms with E-state index in [2.05, 4.69) is 9.71 Å². The number of hydrogen-bond acceptors (Lipinski definition) is 6. The van der Waals surface area contributed by atoms with Crippen LogP contribution in [0.3, 0.4) is 0 Å². The summed E-state index contributed by atoms with van der Waals surface area (Å²) in [6, 6.07) is 12.2. The number of benzene rings is 2. The van der Waals surface area contributed by atoms with Gasteiger partial charge in [-0.1, -0.05) is 18.6 Å². The van der Waals surface area contributed by atoms with Crippen LogP contribution < -0.4 is 14.2 Å². The third-order valence-corrected chi connectivity index (χ3v) is 8.03. The van der Waals surface area contributed by atoms with E-state index in [4.69, 9.17) is 9.47 Å². The highest BCUT2D eigenvalue weighted by atomic mass is 32.2. The first kappa shape index (κ1) is 21.7. The quantitative estimate of drug-likeness (QED) is 0.606. The van der Waals surface area contributed by atoms with E-state index in [1.807, 2.05) is 19.1 Å². The second-order valence-corrected chi connectivity index (χ2v) is 10.3. The van der Waals surface area contributed by atoms with Crippen molar-refractivity contribution in [1.29, 1.82) is 0 Å². The number of amides is 1. The fourth-order valence-electron chi connectivity index (χ4n) is 4.71. The summed E-state index contributed by atoms with van der Waals surface area (Å²) >= 11 is 0. The molecule has 1 N–H and O–H groups in total. The van der Waals surface area contributed by atoms with E-state index in [0.717, 1.165) is 24.1 Å². The second kappa shape index (κ2) is 8.33. The van der Waals surface area contributed by atoms with E-state index in [0.29, 0.717) is 46.9 Å². The minimum absolute atomic E-state index is 0.0308. The average Bonchev–Trinajstić information content (AvgIpc) is 2.76. The first-order valence-electron chi connectivity index (χ1n) is 11.2. The van der Waals surface area contributed by atoms with Crippen LogP contribution in [0.15, 0.2) is 47.4 Å². The highest BCUT2D eigenvalue weighted by Crippen LogP contribution is 2.49. The van der Waals surface area contributed by atoms with Crippen molar-refractivity contribution in [3.63, 3.8) is 0 Å². The van der Waals surface area contributed by atoms with Crippen LogP contribution >= 0.6 is 0 Å². The van der Waals surface area contributed by atoms with E-state index in [1.54, 1.807) is 31.4 Å². The molecule has 7 nitrogen and oxygen atoms in total. The molecule has 1 atom stereocenters. The molecule has 1 saturated carbocycles. The summed E-state index contributed by atoms with van der Waals surface area (Å²) in [5.74, 6) is 0.346. The maximum atomic E-state index is 13.4. The van der Waals surface area contributed by atoms with Crippen molar-refractivity contribution < 1.29 is 22.7 Å². The Morgan fingerprint density at radius 2 is 1.94 bits per heavy atom. The van der Waals surface area contributed by atoms with Crippen LogP contribution in [0.4, 0.5) is 0 Å². The van der Waals surface area contributed by atoms with E-state index < -0.39 is 21.8 Å². The van der Waals surface area contributed by atoms with Gasteiger partial charge in [0, 0.05) is 16.6 Å². The van der Waals surface area contributed by atoms with Crippen molar-refractivity contribution in [3.8, 4) is 11.5 Å². The molecule has 1 unspecified atom stereocenters. The molecule has 5 rings (SSSR count). The highest BCUT2D eigenvalue weighted by Gasteiger charge is 2.37. The fraction of sp³-hybridized carbons (Fsp3) is 0.360. The van der Waals surface area contributed by atoms with Crippen molar-refractivity contribution in [2.24, 2.45) is 0 Å². The van der Waals surface area contributed by atoms with Crippen LogP contribution in [0.2, 0.25) is 0 Å². The number of nitrogens with one attached hydrogen (secondary N) is 1. The number of carbonyl (C=O) groups is 1. The molecule has 3 aromatic rings.